The van der Waals surface area contributed by atoms with Crippen molar-refractivity contribution in [3.63, 3.8) is 0 Å². The third-order valence-corrected chi connectivity index (χ3v) is 2.51. The van der Waals surface area contributed by atoms with Crippen LogP contribution in [-0.2, 0) is 4.74 Å². The highest BCUT2D eigenvalue weighted by Crippen LogP contribution is 2.14. The van der Waals surface area contributed by atoms with Gasteiger partial charge in [0.25, 0.3) is 0 Å². The number of hydrogen-bond donors (Lipinski definition) is 2. The zero-order chi connectivity index (χ0) is 11.3. The van der Waals surface area contributed by atoms with Gasteiger partial charge in [-0.2, -0.15) is 0 Å². The molecular weight excluding hydrogens is 210 g/mol. The van der Waals surface area contributed by atoms with Crippen LogP contribution in [0.5, 0.6) is 0 Å². The monoisotopic (exact) mass is 227 g/mol. The molecule has 0 saturated heterocycles. The molecule has 0 aromatic heterocycles. The molecule has 0 aromatic rings. The van der Waals surface area contributed by atoms with E-state index in [1.165, 1.54) is 0 Å². The van der Waals surface area contributed by atoms with Gasteiger partial charge in [0.05, 0.1) is 6.61 Å². The SMILES string of the molecule is CCNC1=CC=NC(C)(C(=S)OCC)N1. The first-order chi connectivity index (χ1) is 7.12. The molecule has 1 aliphatic rings. The lowest BCUT2D eigenvalue weighted by molar-refractivity contribution is 0.292. The van der Waals surface area contributed by atoms with Crippen molar-refractivity contribution in [3.05, 3.63) is 11.9 Å². The van der Waals surface area contributed by atoms with Crippen LogP contribution in [0.2, 0.25) is 0 Å². The Kier molecular flexibility index (Phi) is 4.08. The molecule has 0 amide bonds. The lowest BCUT2D eigenvalue weighted by atomic mass is 10.2. The summed E-state index contributed by atoms with van der Waals surface area (Å²) in [5, 5.41) is 6.84. The van der Waals surface area contributed by atoms with Crippen molar-refractivity contribution in [1.29, 1.82) is 0 Å². The van der Waals surface area contributed by atoms with Crippen molar-refractivity contribution in [2.24, 2.45) is 4.99 Å². The highest BCUT2D eigenvalue weighted by atomic mass is 32.1. The minimum absolute atomic E-state index is 0.463. The molecule has 0 aliphatic carbocycles. The zero-order valence-electron chi connectivity index (χ0n) is 9.33. The van der Waals surface area contributed by atoms with Crippen LogP contribution >= 0.6 is 12.2 Å². The molecule has 0 radical (unpaired) electrons. The van der Waals surface area contributed by atoms with Gasteiger partial charge < -0.3 is 15.4 Å². The number of allylic oxidation sites excluding steroid dienone is 1. The molecule has 1 atom stereocenters. The first-order valence-corrected chi connectivity index (χ1v) is 5.48. The van der Waals surface area contributed by atoms with E-state index in [9.17, 15) is 0 Å². The highest BCUT2D eigenvalue weighted by molar-refractivity contribution is 7.80. The molecule has 0 fully saturated rings. The summed E-state index contributed by atoms with van der Waals surface area (Å²) in [7, 11) is 0. The van der Waals surface area contributed by atoms with Crippen molar-refractivity contribution >= 4 is 23.5 Å². The lowest BCUT2D eigenvalue weighted by Crippen LogP contribution is -2.51. The van der Waals surface area contributed by atoms with Gasteiger partial charge in [-0.1, -0.05) is 0 Å². The Morgan fingerprint density at radius 1 is 1.67 bits per heavy atom. The van der Waals surface area contributed by atoms with Crippen molar-refractivity contribution in [2.45, 2.75) is 26.4 Å². The fourth-order valence-corrected chi connectivity index (χ4v) is 1.49. The van der Waals surface area contributed by atoms with E-state index in [0.29, 0.717) is 11.7 Å². The fraction of sp³-hybridized carbons (Fsp3) is 0.600. The molecule has 1 unspecified atom stereocenters. The molecule has 0 spiro atoms. The van der Waals surface area contributed by atoms with Gasteiger partial charge >= 0.3 is 0 Å². The van der Waals surface area contributed by atoms with Crippen LogP contribution in [0.4, 0.5) is 0 Å². The molecule has 0 saturated carbocycles. The van der Waals surface area contributed by atoms with E-state index in [4.69, 9.17) is 17.0 Å². The second-order valence-corrected chi connectivity index (χ2v) is 3.68. The molecule has 15 heavy (non-hydrogen) atoms. The van der Waals surface area contributed by atoms with Crippen LogP contribution in [-0.4, -0.2) is 30.1 Å². The summed E-state index contributed by atoms with van der Waals surface area (Å²) in [6, 6.07) is 0. The summed E-state index contributed by atoms with van der Waals surface area (Å²) in [6.45, 7) is 7.25. The van der Waals surface area contributed by atoms with E-state index in [2.05, 4.69) is 15.6 Å². The first-order valence-electron chi connectivity index (χ1n) is 5.07. The Morgan fingerprint density at radius 3 is 3.00 bits per heavy atom. The van der Waals surface area contributed by atoms with Crippen molar-refractivity contribution < 1.29 is 4.74 Å². The average Bonchev–Trinajstić information content (AvgIpc) is 2.19. The summed E-state index contributed by atoms with van der Waals surface area (Å²) in [4.78, 5) is 4.29. The summed E-state index contributed by atoms with van der Waals surface area (Å²) in [6.07, 6.45) is 3.61. The maximum absolute atomic E-state index is 5.31. The predicted molar refractivity (Wildman–Crippen MR) is 66.0 cm³/mol. The minimum atomic E-state index is -0.641. The van der Waals surface area contributed by atoms with Crippen LogP contribution in [0.15, 0.2) is 16.9 Å². The highest BCUT2D eigenvalue weighted by Gasteiger charge is 2.31. The predicted octanol–water partition coefficient (Wildman–Crippen LogP) is 1.19. The molecular formula is C10H17N3OS. The molecule has 0 bridgehead atoms. The van der Waals surface area contributed by atoms with Crippen LogP contribution in [0.1, 0.15) is 20.8 Å². The van der Waals surface area contributed by atoms with Crippen LogP contribution in [0.25, 0.3) is 0 Å². The van der Waals surface area contributed by atoms with Gasteiger partial charge in [0.15, 0.2) is 5.66 Å². The Balaban J connectivity index is 2.69. The van der Waals surface area contributed by atoms with Crippen LogP contribution in [0.3, 0.4) is 0 Å². The lowest BCUT2D eigenvalue weighted by Gasteiger charge is -2.31. The molecule has 1 rings (SSSR count). The van der Waals surface area contributed by atoms with E-state index in [1.807, 2.05) is 26.8 Å². The maximum Gasteiger partial charge on any atom is 0.208 e. The summed E-state index contributed by atoms with van der Waals surface area (Å²) >= 11 is 5.17. The third-order valence-electron chi connectivity index (χ3n) is 1.99. The second kappa shape index (κ2) is 5.11. The number of nitrogens with zero attached hydrogens (tertiary/aromatic N) is 1. The smallest absolute Gasteiger partial charge is 0.208 e. The number of rotatable bonds is 4. The van der Waals surface area contributed by atoms with E-state index in [-0.39, 0.29) is 0 Å². The Morgan fingerprint density at radius 2 is 2.40 bits per heavy atom. The number of thiocarbonyl (C=S) groups is 1. The van der Waals surface area contributed by atoms with Gasteiger partial charge in [-0.15, -0.1) is 0 Å². The summed E-state index contributed by atoms with van der Waals surface area (Å²) in [5.41, 5.74) is -0.641. The minimum Gasteiger partial charge on any atom is -0.484 e. The van der Waals surface area contributed by atoms with E-state index in [1.54, 1.807) is 6.21 Å². The summed E-state index contributed by atoms with van der Waals surface area (Å²) < 4.78 is 5.31. The largest absolute Gasteiger partial charge is 0.484 e. The number of aliphatic imine (C=N–C) groups is 1. The van der Waals surface area contributed by atoms with Crippen LogP contribution < -0.4 is 10.6 Å². The summed E-state index contributed by atoms with van der Waals surface area (Å²) in [5.74, 6) is 0.914. The van der Waals surface area contributed by atoms with Gasteiger partial charge in [0.2, 0.25) is 5.05 Å². The van der Waals surface area contributed by atoms with Crippen LogP contribution in [0, 0.1) is 0 Å². The quantitative estimate of drug-likeness (QED) is 0.708. The average molecular weight is 227 g/mol. The molecule has 0 aromatic carbocycles. The van der Waals surface area contributed by atoms with Gasteiger partial charge in [-0.3, -0.25) is 4.99 Å². The standard InChI is InChI=1S/C10H17N3OS/c1-4-11-8-6-7-12-10(3,13-8)9(15)14-5-2/h6-7,11,13H,4-5H2,1-3H3. The Bertz CT molecular complexity index is 301. The third kappa shape index (κ3) is 2.92. The second-order valence-electron chi connectivity index (χ2n) is 3.31. The molecule has 1 aliphatic heterocycles. The van der Waals surface area contributed by atoms with Crippen molar-refractivity contribution in [2.75, 3.05) is 13.2 Å². The van der Waals surface area contributed by atoms with E-state index in [0.717, 1.165) is 12.4 Å². The Hall–Kier alpha value is -1.10. The zero-order valence-corrected chi connectivity index (χ0v) is 10.1. The first kappa shape index (κ1) is 12.0. The number of ether oxygens (including phenoxy) is 1. The molecule has 84 valence electrons. The van der Waals surface area contributed by atoms with Gasteiger partial charge in [-0.05, 0) is 39.1 Å². The van der Waals surface area contributed by atoms with Gasteiger partial charge in [-0.25, -0.2) is 0 Å². The molecule has 2 N–H and O–H groups in total. The van der Waals surface area contributed by atoms with Gasteiger partial charge in [0.1, 0.15) is 5.82 Å². The molecule has 5 heteroatoms. The van der Waals surface area contributed by atoms with E-state index < -0.39 is 5.66 Å². The number of hydrogen-bond acceptors (Lipinski definition) is 5. The van der Waals surface area contributed by atoms with E-state index >= 15 is 0 Å². The normalized spacial score (nSPS) is 24.1. The molecule has 4 nitrogen and oxygen atoms in total. The number of nitrogens with one attached hydrogen (secondary N) is 2. The molecule has 1 heterocycles. The van der Waals surface area contributed by atoms with Crippen molar-refractivity contribution in [3.8, 4) is 0 Å². The Labute approximate surface area is 95.8 Å². The topological polar surface area (TPSA) is 45.7 Å². The van der Waals surface area contributed by atoms with Crippen molar-refractivity contribution in [1.82, 2.24) is 10.6 Å². The van der Waals surface area contributed by atoms with Gasteiger partial charge in [0, 0.05) is 12.8 Å². The fourth-order valence-electron chi connectivity index (χ4n) is 1.27. The maximum atomic E-state index is 5.31.